The zero-order valence-electron chi connectivity index (χ0n) is 17.0. The maximum atomic E-state index is 12.0. The number of amides is 2. The first kappa shape index (κ1) is 20.4. The van der Waals surface area contributed by atoms with Crippen LogP contribution in [0.25, 0.3) is 0 Å². The summed E-state index contributed by atoms with van der Waals surface area (Å²) in [5.74, 6) is 0.962. The monoisotopic (exact) mass is 397 g/mol. The van der Waals surface area contributed by atoms with Gasteiger partial charge in [-0.1, -0.05) is 0 Å². The van der Waals surface area contributed by atoms with Gasteiger partial charge in [0.1, 0.15) is 11.6 Å². The number of nitrogens with one attached hydrogen (secondary N) is 1. The summed E-state index contributed by atoms with van der Waals surface area (Å²) in [4.78, 5) is 31.8. The number of carbonyl (C=O) groups is 2. The van der Waals surface area contributed by atoms with E-state index in [4.69, 9.17) is 10.5 Å². The molecule has 0 unspecified atom stereocenters. The molecule has 1 aromatic carbocycles. The molecule has 1 saturated heterocycles. The number of primary amides is 1. The van der Waals surface area contributed by atoms with E-state index in [-0.39, 0.29) is 11.9 Å². The Kier molecular flexibility index (Phi) is 6.21. The summed E-state index contributed by atoms with van der Waals surface area (Å²) in [6.45, 7) is 3.01. The van der Waals surface area contributed by atoms with E-state index in [0.29, 0.717) is 24.5 Å². The van der Waals surface area contributed by atoms with E-state index in [2.05, 4.69) is 15.2 Å². The summed E-state index contributed by atoms with van der Waals surface area (Å²) in [6.07, 6.45) is 3.17. The van der Waals surface area contributed by atoms with Crippen LogP contribution in [-0.2, 0) is 4.79 Å². The van der Waals surface area contributed by atoms with Crippen LogP contribution in [0, 0.1) is 0 Å². The number of ether oxygens (including phenoxy) is 1. The van der Waals surface area contributed by atoms with Crippen LogP contribution in [0.3, 0.4) is 0 Å². The van der Waals surface area contributed by atoms with Crippen molar-refractivity contribution in [1.82, 2.24) is 9.88 Å². The molecule has 0 saturated carbocycles. The normalized spacial score (nSPS) is 14.4. The van der Waals surface area contributed by atoms with Gasteiger partial charge in [0.15, 0.2) is 0 Å². The molecule has 0 bridgehead atoms. The molecule has 8 heteroatoms. The highest BCUT2D eigenvalue weighted by molar-refractivity contribution is 5.99. The SMILES string of the molecule is COc1ccc(Nc2cc(N(C)C3CCN(C(C)=O)CC3)c(C(N)=O)cn2)cc1. The molecule has 29 heavy (non-hydrogen) atoms. The standard InChI is InChI=1S/C21H27N5O3/c1-14(27)26-10-8-16(9-11-26)25(2)19-12-20(23-13-18(19)21(22)28)24-15-4-6-17(29-3)7-5-15/h4-7,12-13,16H,8-11H2,1-3H3,(H2,22,28)(H,23,24). The highest BCUT2D eigenvalue weighted by Gasteiger charge is 2.26. The number of anilines is 3. The summed E-state index contributed by atoms with van der Waals surface area (Å²) in [6, 6.07) is 9.54. The second-order valence-corrected chi connectivity index (χ2v) is 7.15. The number of nitrogens with zero attached hydrogens (tertiary/aromatic N) is 3. The second-order valence-electron chi connectivity index (χ2n) is 7.15. The van der Waals surface area contributed by atoms with Gasteiger partial charge < -0.3 is 25.6 Å². The van der Waals surface area contributed by atoms with E-state index in [1.165, 1.54) is 6.20 Å². The molecular weight excluding hydrogens is 370 g/mol. The summed E-state index contributed by atoms with van der Waals surface area (Å²) < 4.78 is 5.18. The summed E-state index contributed by atoms with van der Waals surface area (Å²) in [5, 5.41) is 3.24. The largest absolute Gasteiger partial charge is 0.497 e. The number of piperidine rings is 1. The van der Waals surface area contributed by atoms with Crippen LogP contribution in [0.2, 0.25) is 0 Å². The Morgan fingerprint density at radius 2 is 1.90 bits per heavy atom. The van der Waals surface area contributed by atoms with Crippen molar-refractivity contribution >= 4 is 29.0 Å². The van der Waals surface area contributed by atoms with Crippen molar-refractivity contribution in [2.24, 2.45) is 5.73 Å². The van der Waals surface area contributed by atoms with Gasteiger partial charge in [-0.25, -0.2) is 4.98 Å². The summed E-state index contributed by atoms with van der Waals surface area (Å²) >= 11 is 0. The first-order valence-electron chi connectivity index (χ1n) is 9.58. The van der Waals surface area contributed by atoms with Crippen molar-refractivity contribution in [2.75, 3.05) is 37.5 Å². The van der Waals surface area contributed by atoms with Gasteiger partial charge >= 0.3 is 0 Å². The predicted molar refractivity (Wildman–Crippen MR) is 113 cm³/mol. The molecule has 0 spiro atoms. The highest BCUT2D eigenvalue weighted by atomic mass is 16.5. The lowest BCUT2D eigenvalue weighted by atomic mass is 10.0. The summed E-state index contributed by atoms with van der Waals surface area (Å²) in [5.41, 5.74) is 7.54. The Balaban J connectivity index is 1.81. The third-order valence-electron chi connectivity index (χ3n) is 5.35. The first-order valence-corrected chi connectivity index (χ1v) is 9.58. The third kappa shape index (κ3) is 4.77. The van der Waals surface area contributed by atoms with Crippen LogP contribution in [0.4, 0.5) is 17.2 Å². The van der Waals surface area contributed by atoms with E-state index in [0.717, 1.165) is 30.0 Å². The molecule has 0 radical (unpaired) electrons. The van der Waals surface area contributed by atoms with Gasteiger partial charge in [-0.15, -0.1) is 0 Å². The van der Waals surface area contributed by atoms with Gasteiger partial charge in [0.2, 0.25) is 5.91 Å². The minimum absolute atomic E-state index is 0.0961. The lowest BCUT2D eigenvalue weighted by molar-refractivity contribution is -0.129. The number of carbonyl (C=O) groups excluding carboxylic acids is 2. The Hall–Kier alpha value is -3.29. The molecule has 1 aliphatic rings. The average Bonchev–Trinajstić information content (AvgIpc) is 2.73. The number of pyridine rings is 1. The maximum absolute atomic E-state index is 12.0. The van der Waals surface area contributed by atoms with Crippen LogP contribution in [0.5, 0.6) is 5.75 Å². The molecule has 8 nitrogen and oxygen atoms in total. The van der Waals surface area contributed by atoms with Crippen molar-refractivity contribution in [1.29, 1.82) is 0 Å². The molecule has 2 amide bonds. The fourth-order valence-corrected chi connectivity index (χ4v) is 3.58. The number of benzene rings is 1. The molecule has 0 atom stereocenters. The first-order chi connectivity index (χ1) is 13.9. The maximum Gasteiger partial charge on any atom is 0.252 e. The Labute approximate surface area is 170 Å². The van der Waals surface area contributed by atoms with Gasteiger partial charge in [0, 0.05) is 51.1 Å². The van der Waals surface area contributed by atoms with Gasteiger partial charge in [-0.3, -0.25) is 9.59 Å². The van der Waals surface area contributed by atoms with Crippen LogP contribution < -0.4 is 20.7 Å². The Bertz CT molecular complexity index is 876. The van der Waals surface area contributed by atoms with E-state index >= 15 is 0 Å². The summed E-state index contributed by atoms with van der Waals surface area (Å²) in [7, 11) is 3.57. The number of hydrogen-bond donors (Lipinski definition) is 2. The fraction of sp³-hybridized carbons (Fsp3) is 0.381. The van der Waals surface area contributed by atoms with Gasteiger partial charge in [0.25, 0.3) is 5.91 Å². The number of methoxy groups -OCH3 is 1. The van der Waals surface area contributed by atoms with Crippen molar-refractivity contribution in [3.8, 4) is 5.75 Å². The van der Waals surface area contributed by atoms with Crippen LogP contribution in [0.1, 0.15) is 30.1 Å². The predicted octanol–water partition coefficient (Wildman–Crippen LogP) is 2.38. The molecule has 0 aliphatic carbocycles. The highest BCUT2D eigenvalue weighted by Crippen LogP contribution is 2.29. The van der Waals surface area contributed by atoms with Crippen molar-refractivity contribution in [2.45, 2.75) is 25.8 Å². The molecule has 154 valence electrons. The molecule has 2 heterocycles. The zero-order chi connectivity index (χ0) is 21.0. The molecule has 1 aromatic heterocycles. The second kappa shape index (κ2) is 8.81. The number of aromatic nitrogens is 1. The van der Waals surface area contributed by atoms with Gasteiger partial charge in [0.05, 0.1) is 18.4 Å². The topological polar surface area (TPSA) is 101 Å². The molecular formula is C21H27N5O3. The molecule has 3 N–H and O–H groups in total. The van der Waals surface area contributed by atoms with Crippen LogP contribution in [-0.4, -0.2) is 55.0 Å². The van der Waals surface area contributed by atoms with Crippen molar-refractivity contribution in [3.05, 3.63) is 42.1 Å². The van der Waals surface area contributed by atoms with E-state index in [1.54, 1.807) is 14.0 Å². The zero-order valence-corrected chi connectivity index (χ0v) is 17.0. The Morgan fingerprint density at radius 1 is 1.24 bits per heavy atom. The minimum atomic E-state index is -0.517. The van der Waals surface area contributed by atoms with Crippen LogP contribution in [0.15, 0.2) is 36.5 Å². The van der Waals surface area contributed by atoms with E-state index < -0.39 is 5.91 Å². The quantitative estimate of drug-likeness (QED) is 0.776. The Morgan fingerprint density at radius 3 is 2.45 bits per heavy atom. The van der Waals surface area contributed by atoms with Crippen LogP contribution >= 0.6 is 0 Å². The van der Waals surface area contributed by atoms with E-state index in [9.17, 15) is 9.59 Å². The minimum Gasteiger partial charge on any atom is -0.497 e. The molecule has 2 aromatic rings. The number of nitrogens with two attached hydrogens (primary N) is 1. The number of rotatable bonds is 6. The average molecular weight is 397 g/mol. The number of hydrogen-bond acceptors (Lipinski definition) is 6. The van der Waals surface area contributed by atoms with Crippen molar-refractivity contribution in [3.63, 3.8) is 0 Å². The van der Waals surface area contributed by atoms with Gasteiger partial charge in [-0.05, 0) is 37.1 Å². The number of likely N-dealkylation sites (tertiary alicyclic amines) is 1. The smallest absolute Gasteiger partial charge is 0.252 e. The molecule has 1 fully saturated rings. The van der Waals surface area contributed by atoms with E-state index in [1.807, 2.05) is 42.3 Å². The molecule has 1 aliphatic heterocycles. The molecule has 3 rings (SSSR count). The lowest BCUT2D eigenvalue weighted by Crippen LogP contribution is -2.45. The van der Waals surface area contributed by atoms with Gasteiger partial charge in [-0.2, -0.15) is 0 Å². The third-order valence-corrected chi connectivity index (χ3v) is 5.35. The van der Waals surface area contributed by atoms with Crippen molar-refractivity contribution < 1.29 is 14.3 Å². The fourth-order valence-electron chi connectivity index (χ4n) is 3.58. The lowest BCUT2D eigenvalue weighted by Gasteiger charge is -2.38.